The lowest BCUT2D eigenvalue weighted by Gasteiger charge is -2.56. The molecule has 3 aliphatic rings. The number of aromatic amines is 1. The molecule has 2 aromatic rings. The van der Waals surface area contributed by atoms with E-state index in [4.69, 9.17) is 5.26 Å². The van der Waals surface area contributed by atoms with E-state index in [9.17, 15) is 14.0 Å². The number of carbonyl (C=O) groups excluding carboxylic acids is 2. The van der Waals surface area contributed by atoms with Gasteiger partial charge in [-0.1, -0.05) is 12.1 Å². The monoisotopic (exact) mass is 420 g/mol. The number of nitrogens with zero attached hydrogens (tertiary/aromatic N) is 3. The predicted octanol–water partition coefficient (Wildman–Crippen LogP) is 3.11. The van der Waals surface area contributed by atoms with Crippen molar-refractivity contribution in [1.82, 2.24) is 14.8 Å². The van der Waals surface area contributed by atoms with Gasteiger partial charge in [-0.2, -0.15) is 5.26 Å². The number of nitrogens with one attached hydrogen (secondary N) is 1. The van der Waals surface area contributed by atoms with Gasteiger partial charge in [-0.15, -0.1) is 0 Å². The first-order chi connectivity index (χ1) is 15.0. The van der Waals surface area contributed by atoms with Gasteiger partial charge >= 0.3 is 0 Å². The third-order valence-electron chi connectivity index (χ3n) is 7.16. The zero-order valence-corrected chi connectivity index (χ0v) is 17.3. The number of nitriles is 1. The number of hydrogen-bond donors (Lipinski definition) is 1. The summed E-state index contributed by atoms with van der Waals surface area (Å²) >= 11 is 0. The Morgan fingerprint density at radius 2 is 2.10 bits per heavy atom. The van der Waals surface area contributed by atoms with Crippen LogP contribution < -0.4 is 0 Å². The summed E-state index contributed by atoms with van der Waals surface area (Å²) in [6.45, 7) is 1.18. The van der Waals surface area contributed by atoms with Gasteiger partial charge in [0.2, 0.25) is 5.91 Å². The van der Waals surface area contributed by atoms with Gasteiger partial charge in [0.1, 0.15) is 17.6 Å². The van der Waals surface area contributed by atoms with Crippen molar-refractivity contribution in [1.29, 1.82) is 5.26 Å². The minimum Gasteiger partial charge on any atom is -0.356 e. The van der Waals surface area contributed by atoms with Gasteiger partial charge in [0, 0.05) is 37.8 Å². The second-order valence-corrected chi connectivity index (χ2v) is 9.04. The fraction of sp³-hybridized carbons (Fsp3) is 0.458. The molecule has 0 unspecified atom stereocenters. The van der Waals surface area contributed by atoms with Gasteiger partial charge < -0.3 is 14.8 Å². The third kappa shape index (κ3) is 3.60. The van der Waals surface area contributed by atoms with Crippen LogP contribution in [0.4, 0.5) is 4.39 Å². The van der Waals surface area contributed by atoms with E-state index >= 15 is 0 Å². The Balaban J connectivity index is 1.44. The Morgan fingerprint density at radius 1 is 1.26 bits per heavy atom. The second-order valence-electron chi connectivity index (χ2n) is 9.04. The van der Waals surface area contributed by atoms with Gasteiger partial charge in [-0.3, -0.25) is 9.59 Å². The quantitative estimate of drug-likeness (QED) is 0.829. The van der Waals surface area contributed by atoms with Crippen LogP contribution in [0, 0.1) is 29.0 Å². The molecule has 4 heterocycles. The van der Waals surface area contributed by atoms with Gasteiger partial charge in [-0.25, -0.2) is 4.39 Å². The molecular formula is C24H25FN4O2. The Kier molecular flexibility index (Phi) is 5.01. The van der Waals surface area contributed by atoms with Crippen LogP contribution in [0.3, 0.4) is 0 Å². The molecule has 1 N–H and O–H groups in total. The van der Waals surface area contributed by atoms with E-state index < -0.39 is 0 Å². The number of aromatic nitrogens is 1. The third-order valence-corrected chi connectivity index (χ3v) is 7.16. The summed E-state index contributed by atoms with van der Waals surface area (Å²) in [7, 11) is 0. The molecule has 3 saturated heterocycles. The van der Waals surface area contributed by atoms with Crippen molar-refractivity contribution in [3.8, 4) is 6.07 Å². The number of rotatable bonds is 3. The number of hydrogen-bond acceptors (Lipinski definition) is 3. The van der Waals surface area contributed by atoms with E-state index in [2.05, 4.69) is 9.88 Å². The molecule has 0 saturated carbocycles. The van der Waals surface area contributed by atoms with Crippen molar-refractivity contribution < 1.29 is 14.0 Å². The Hall–Kier alpha value is -3.14. The van der Waals surface area contributed by atoms with Gasteiger partial charge in [0.05, 0.1) is 5.56 Å². The fourth-order valence-electron chi connectivity index (χ4n) is 5.86. The van der Waals surface area contributed by atoms with Crippen LogP contribution in [0.25, 0.3) is 0 Å². The van der Waals surface area contributed by atoms with E-state index in [0.29, 0.717) is 37.2 Å². The first kappa shape index (κ1) is 19.8. The van der Waals surface area contributed by atoms with Gasteiger partial charge in [0.15, 0.2) is 0 Å². The standard InChI is InChI=1S/C24H25FN4O2/c25-19-4-1-3-15(7-19)9-22-18-10-17(21-5-2-6-23(30)29(21)22)13-28(14-18)24(31)20-8-16(11-26)12-27-20/h1,3-4,7-8,12,17-18,21-22,27H,2,5-6,9-10,13-14H2/t17-,18+,21+,22+/m1/s1. The lowest BCUT2D eigenvalue weighted by molar-refractivity contribution is -0.151. The highest BCUT2D eigenvalue weighted by atomic mass is 19.1. The van der Waals surface area contributed by atoms with Crippen molar-refractivity contribution in [2.45, 2.75) is 44.2 Å². The van der Waals surface area contributed by atoms with E-state index in [1.54, 1.807) is 24.4 Å². The highest BCUT2D eigenvalue weighted by Gasteiger charge is 2.50. The Morgan fingerprint density at radius 3 is 2.87 bits per heavy atom. The SMILES string of the molecule is N#Cc1c[nH]c(C(=O)N2C[C@H]3C[C@@H](C2)[C@H](Cc2cccc(F)c2)N2C(=O)CCC[C@@H]32)c1. The highest BCUT2D eigenvalue weighted by Crippen LogP contribution is 2.42. The predicted molar refractivity (Wildman–Crippen MR) is 111 cm³/mol. The number of piperidine rings is 3. The summed E-state index contributed by atoms with van der Waals surface area (Å²) in [5, 5.41) is 9.06. The molecule has 3 aliphatic heterocycles. The van der Waals surface area contributed by atoms with Gasteiger partial charge in [-0.05, 0) is 61.3 Å². The second kappa shape index (κ2) is 7.84. The molecule has 4 atom stereocenters. The number of carbonyl (C=O) groups is 2. The maximum absolute atomic E-state index is 13.8. The first-order valence-corrected chi connectivity index (χ1v) is 11.0. The van der Waals surface area contributed by atoms with Crippen molar-refractivity contribution >= 4 is 11.8 Å². The molecule has 1 aromatic carbocycles. The van der Waals surface area contributed by atoms with E-state index in [-0.39, 0.29) is 41.6 Å². The van der Waals surface area contributed by atoms with Crippen LogP contribution in [0.5, 0.6) is 0 Å². The summed E-state index contributed by atoms with van der Waals surface area (Å²) in [5.74, 6) is 0.218. The Bertz CT molecular complexity index is 1060. The highest BCUT2D eigenvalue weighted by molar-refractivity contribution is 5.93. The number of H-pyrrole nitrogens is 1. The summed E-state index contributed by atoms with van der Waals surface area (Å²) in [4.78, 5) is 33.0. The largest absolute Gasteiger partial charge is 0.356 e. The zero-order valence-electron chi connectivity index (χ0n) is 17.3. The zero-order chi connectivity index (χ0) is 21.5. The number of fused-ring (bicyclic) bond motifs is 4. The van der Waals surface area contributed by atoms with Crippen LogP contribution >= 0.6 is 0 Å². The van der Waals surface area contributed by atoms with Crippen LogP contribution in [0.15, 0.2) is 36.5 Å². The van der Waals surface area contributed by atoms with Crippen molar-refractivity contribution in [2.24, 2.45) is 11.8 Å². The molecule has 0 spiro atoms. The van der Waals surface area contributed by atoms with Crippen LogP contribution in [0.1, 0.15) is 47.3 Å². The van der Waals surface area contributed by atoms with Crippen LogP contribution in [-0.4, -0.2) is 51.8 Å². The van der Waals surface area contributed by atoms with Crippen molar-refractivity contribution in [3.05, 3.63) is 59.2 Å². The van der Waals surface area contributed by atoms with Crippen molar-refractivity contribution in [3.63, 3.8) is 0 Å². The van der Waals surface area contributed by atoms with Crippen LogP contribution in [0.2, 0.25) is 0 Å². The number of amides is 2. The van der Waals surface area contributed by atoms with Crippen molar-refractivity contribution in [2.75, 3.05) is 13.1 Å². The molecule has 160 valence electrons. The topological polar surface area (TPSA) is 80.2 Å². The van der Waals surface area contributed by atoms with E-state index in [1.165, 1.54) is 6.07 Å². The maximum Gasteiger partial charge on any atom is 0.270 e. The molecule has 31 heavy (non-hydrogen) atoms. The first-order valence-electron chi connectivity index (χ1n) is 11.0. The molecule has 0 aliphatic carbocycles. The molecular weight excluding hydrogens is 395 g/mol. The summed E-state index contributed by atoms with van der Waals surface area (Å²) in [6, 6.07) is 10.3. The minimum atomic E-state index is -0.270. The molecule has 1 aromatic heterocycles. The van der Waals surface area contributed by atoms with E-state index in [0.717, 1.165) is 24.8 Å². The lowest BCUT2D eigenvalue weighted by atomic mass is 9.70. The fourth-order valence-corrected chi connectivity index (χ4v) is 5.86. The summed E-state index contributed by atoms with van der Waals surface area (Å²) in [6.07, 6.45) is 5.52. The molecule has 3 fully saturated rings. The minimum absolute atomic E-state index is 0.0373. The van der Waals surface area contributed by atoms with E-state index in [1.807, 2.05) is 17.0 Å². The van der Waals surface area contributed by atoms with Gasteiger partial charge in [0.25, 0.3) is 5.91 Å². The average Bonchev–Trinajstić information content (AvgIpc) is 3.25. The Labute approximate surface area is 180 Å². The normalized spacial score (nSPS) is 27.5. The molecule has 7 heteroatoms. The average molecular weight is 420 g/mol. The molecule has 2 bridgehead atoms. The molecule has 2 amide bonds. The number of likely N-dealkylation sites (tertiary alicyclic amines) is 1. The number of benzene rings is 1. The maximum atomic E-state index is 13.8. The lowest BCUT2D eigenvalue weighted by Crippen LogP contribution is -2.66. The smallest absolute Gasteiger partial charge is 0.270 e. The number of halogens is 1. The summed E-state index contributed by atoms with van der Waals surface area (Å²) < 4.78 is 13.8. The summed E-state index contributed by atoms with van der Waals surface area (Å²) in [5.41, 5.74) is 1.75. The molecule has 5 rings (SSSR count). The molecule has 6 nitrogen and oxygen atoms in total. The molecule has 0 radical (unpaired) electrons. The van der Waals surface area contributed by atoms with Crippen LogP contribution in [-0.2, 0) is 11.2 Å².